The lowest BCUT2D eigenvalue weighted by Gasteiger charge is -2.35. The van der Waals surface area contributed by atoms with Gasteiger partial charge >= 0.3 is 0 Å². The summed E-state index contributed by atoms with van der Waals surface area (Å²) in [5, 5.41) is 0. The van der Waals surface area contributed by atoms with Crippen LogP contribution in [0.15, 0.2) is 47.7 Å². The van der Waals surface area contributed by atoms with Crippen molar-refractivity contribution in [3.63, 3.8) is 0 Å². The highest BCUT2D eigenvalue weighted by molar-refractivity contribution is 5.78. The Labute approximate surface area is 146 Å². The summed E-state index contributed by atoms with van der Waals surface area (Å²) in [5.74, 6) is 1.59. The van der Waals surface area contributed by atoms with Crippen LogP contribution in [0.1, 0.15) is 0 Å². The second kappa shape index (κ2) is 8.27. The Morgan fingerprint density at radius 1 is 1.12 bits per heavy atom. The molecule has 7 nitrogen and oxygen atoms in total. The second-order valence-corrected chi connectivity index (χ2v) is 5.57. The van der Waals surface area contributed by atoms with Crippen molar-refractivity contribution < 1.29 is 9.13 Å². The van der Waals surface area contributed by atoms with E-state index in [2.05, 4.69) is 19.9 Å². The maximum absolute atomic E-state index is 12.8. The molecule has 1 aromatic carbocycles. The average Bonchev–Trinajstić information content (AvgIpc) is 2.67. The summed E-state index contributed by atoms with van der Waals surface area (Å²) in [4.78, 5) is 17.0. The van der Waals surface area contributed by atoms with Gasteiger partial charge in [-0.3, -0.25) is 0 Å². The van der Waals surface area contributed by atoms with Gasteiger partial charge in [0.25, 0.3) is 0 Å². The molecule has 1 saturated heterocycles. The monoisotopic (exact) mass is 344 g/mol. The Hall–Kier alpha value is -2.90. The molecule has 1 fully saturated rings. The zero-order valence-electron chi connectivity index (χ0n) is 13.9. The molecule has 8 heteroatoms. The number of aromatic nitrogens is 2. The first-order valence-electron chi connectivity index (χ1n) is 8.17. The molecule has 0 saturated carbocycles. The van der Waals surface area contributed by atoms with Crippen molar-refractivity contribution in [3.8, 4) is 5.75 Å². The Balaban J connectivity index is 1.42. The highest BCUT2D eigenvalue weighted by Gasteiger charge is 2.19. The quantitative estimate of drug-likeness (QED) is 0.498. The van der Waals surface area contributed by atoms with E-state index in [1.807, 2.05) is 4.90 Å². The maximum Gasteiger partial charge on any atom is 0.225 e. The first-order chi connectivity index (χ1) is 12.2. The summed E-state index contributed by atoms with van der Waals surface area (Å²) >= 11 is 0. The van der Waals surface area contributed by atoms with Crippen molar-refractivity contribution in [2.75, 3.05) is 44.2 Å². The van der Waals surface area contributed by atoms with Gasteiger partial charge < -0.3 is 20.3 Å². The van der Waals surface area contributed by atoms with Crippen molar-refractivity contribution in [3.05, 3.63) is 48.5 Å². The van der Waals surface area contributed by atoms with Gasteiger partial charge in [-0.1, -0.05) is 0 Å². The molecule has 2 aromatic rings. The number of ether oxygens (including phenoxy) is 1. The molecule has 0 atom stereocenters. The molecule has 2 heterocycles. The number of guanidine groups is 1. The molecular formula is C17H21FN6O. The highest BCUT2D eigenvalue weighted by atomic mass is 19.1. The highest BCUT2D eigenvalue weighted by Crippen LogP contribution is 2.11. The Morgan fingerprint density at radius 2 is 1.80 bits per heavy atom. The van der Waals surface area contributed by atoms with Crippen molar-refractivity contribution >= 4 is 11.9 Å². The molecule has 1 aliphatic heterocycles. The fourth-order valence-corrected chi connectivity index (χ4v) is 2.54. The van der Waals surface area contributed by atoms with Crippen LogP contribution in [0, 0.1) is 5.82 Å². The lowest BCUT2D eigenvalue weighted by Crippen LogP contribution is -2.51. The molecule has 0 spiro atoms. The summed E-state index contributed by atoms with van der Waals surface area (Å²) in [6.45, 7) is 3.98. The van der Waals surface area contributed by atoms with Crippen LogP contribution in [0.4, 0.5) is 10.3 Å². The van der Waals surface area contributed by atoms with Crippen LogP contribution in [0.25, 0.3) is 0 Å². The number of piperazine rings is 1. The van der Waals surface area contributed by atoms with E-state index in [1.165, 1.54) is 12.1 Å². The number of aliphatic imine (C=N–C) groups is 1. The van der Waals surface area contributed by atoms with Gasteiger partial charge in [0.1, 0.15) is 18.2 Å². The van der Waals surface area contributed by atoms with Gasteiger partial charge in [-0.2, -0.15) is 0 Å². The van der Waals surface area contributed by atoms with Gasteiger partial charge in [0.2, 0.25) is 5.95 Å². The molecule has 1 aliphatic rings. The molecule has 0 bridgehead atoms. The number of nitrogens with two attached hydrogens (primary N) is 1. The largest absolute Gasteiger partial charge is 0.492 e. The smallest absolute Gasteiger partial charge is 0.225 e. The van der Waals surface area contributed by atoms with Crippen molar-refractivity contribution in [1.29, 1.82) is 0 Å². The predicted molar refractivity (Wildman–Crippen MR) is 94.2 cm³/mol. The van der Waals surface area contributed by atoms with Crippen molar-refractivity contribution in [2.45, 2.75) is 0 Å². The fraction of sp³-hybridized carbons (Fsp3) is 0.353. The van der Waals surface area contributed by atoms with Gasteiger partial charge in [-0.25, -0.2) is 19.4 Å². The standard InChI is InChI=1S/C17H21FN6O/c18-14-2-4-15(5-3-14)25-13-8-20-16(19)23-9-11-24(12-10-23)17-21-6-1-7-22-17/h1-7H,8-13H2,(H2,19,20). The molecule has 0 unspecified atom stereocenters. The van der Waals surface area contributed by atoms with Crippen LogP contribution in [0.2, 0.25) is 0 Å². The van der Waals surface area contributed by atoms with Crippen LogP contribution >= 0.6 is 0 Å². The topological polar surface area (TPSA) is 79.9 Å². The summed E-state index contributed by atoms with van der Waals surface area (Å²) in [5.41, 5.74) is 6.05. The number of hydrogen-bond donors (Lipinski definition) is 1. The lowest BCUT2D eigenvalue weighted by molar-refractivity contribution is 0.325. The summed E-state index contributed by atoms with van der Waals surface area (Å²) in [6.07, 6.45) is 3.48. The van der Waals surface area contributed by atoms with E-state index in [-0.39, 0.29) is 5.82 Å². The zero-order chi connectivity index (χ0) is 17.5. The number of halogens is 1. The summed E-state index contributed by atoms with van der Waals surface area (Å²) < 4.78 is 18.3. The molecule has 1 aromatic heterocycles. The van der Waals surface area contributed by atoms with Gasteiger partial charge in [0.05, 0.1) is 6.54 Å². The first kappa shape index (κ1) is 16.9. The van der Waals surface area contributed by atoms with Crippen molar-refractivity contribution in [2.24, 2.45) is 10.7 Å². The van der Waals surface area contributed by atoms with Crippen LogP contribution < -0.4 is 15.4 Å². The Kier molecular flexibility index (Phi) is 5.61. The molecular weight excluding hydrogens is 323 g/mol. The van der Waals surface area contributed by atoms with Crippen LogP contribution in [0.3, 0.4) is 0 Å². The van der Waals surface area contributed by atoms with E-state index in [1.54, 1.807) is 30.6 Å². The third-order valence-electron chi connectivity index (χ3n) is 3.89. The van der Waals surface area contributed by atoms with Gasteiger partial charge in [0.15, 0.2) is 5.96 Å². The molecule has 0 aliphatic carbocycles. The lowest BCUT2D eigenvalue weighted by atomic mass is 10.3. The van der Waals surface area contributed by atoms with E-state index in [0.717, 1.165) is 32.1 Å². The maximum atomic E-state index is 12.8. The van der Waals surface area contributed by atoms with Gasteiger partial charge in [0, 0.05) is 38.6 Å². The van der Waals surface area contributed by atoms with E-state index >= 15 is 0 Å². The van der Waals surface area contributed by atoms with Crippen LogP contribution in [-0.4, -0.2) is 60.2 Å². The van der Waals surface area contributed by atoms with E-state index in [9.17, 15) is 4.39 Å². The average molecular weight is 344 g/mol. The summed E-state index contributed by atoms with van der Waals surface area (Å²) in [6, 6.07) is 7.71. The van der Waals surface area contributed by atoms with Gasteiger partial charge in [-0.15, -0.1) is 0 Å². The molecule has 0 radical (unpaired) electrons. The molecule has 25 heavy (non-hydrogen) atoms. The minimum atomic E-state index is -0.283. The SMILES string of the molecule is NC(=NCCOc1ccc(F)cc1)N1CCN(c2ncccn2)CC1. The number of anilines is 1. The normalized spacial score (nSPS) is 15.3. The predicted octanol–water partition coefficient (Wildman–Crippen LogP) is 1.13. The number of rotatable bonds is 5. The Morgan fingerprint density at radius 3 is 2.48 bits per heavy atom. The van der Waals surface area contributed by atoms with Gasteiger partial charge in [-0.05, 0) is 30.3 Å². The zero-order valence-corrected chi connectivity index (χ0v) is 13.9. The fourth-order valence-electron chi connectivity index (χ4n) is 2.54. The third kappa shape index (κ3) is 4.79. The third-order valence-corrected chi connectivity index (χ3v) is 3.89. The number of benzene rings is 1. The number of nitrogens with zero attached hydrogens (tertiary/aromatic N) is 5. The minimum absolute atomic E-state index is 0.283. The second-order valence-electron chi connectivity index (χ2n) is 5.57. The van der Waals surface area contributed by atoms with Crippen molar-refractivity contribution in [1.82, 2.24) is 14.9 Å². The minimum Gasteiger partial charge on any atom is -0.492 e. The van der Waals surface area contributed by atoms with Crippen LogP contribution in [0.5, 0.6) is 5.75 Å². The number of hydrogen-bond acceptors (Lipinski definition) is 5. The Bertz CT molecular complexity index is 686. The van der Waals surface area contributed by atoms with Crippen LogP contribution in [-0.2, 0) is 0 Å². The molecule has 3 rings (SSSR count). The first-order valence-corrected chi connectivity index (χ1v) is 8.17. The molecule has 0 amide bonds. The summed E-state index contributed by atoms with van der Waals surface area (Å²) in [7, 11) is 0. The molecule has 132 valence electrons. The molecule has 2 N–H and O–H groups in total. The van der Waals surface area contributed by atoms with E-state index < -0.39 is 0 Å². The van der Waals surface area contributed by atoms with E-state index in [4.69, 9.17) is 10.5 Å². The van der Waals surface area contributed by atoms with E-state index in [0.29, 0.717) is 24.9 Å².